The van der Waals surface area contributed by atoms with E-state index in [1.54, 1.807) is 38.1 Å². The molecule has 100 valence electrons. The minimum absolute atomic E-state index is 0.0288. The van der Waals surface area contributed by atoms with Crippen LogP contribution in [-0.4, -0.2) is 30.3 Å². The fraction of sp³-hybridized carbons (Fsp3) is 0.417. The first-order chi connectivity index (χ1) is 8.46. The quantitative estimate of drug-likeness (QED) is 0.511. The van der Waals surface area contributed by atoms with Gasteiger partial charge in [-0.1, -0.05) is 47.1 Å². The average molecular weight is 334 g/mol. The Morgan fingerprint density at radius 1 is 1.33 bits per heavy atom. The first kappa shape index (κ1) is 15.2. The number of rotatable bonds is 5. The molecule has 18 heavy (non-hydrogen) atoms. The van der Waals surface area contributed by atoms with Crippen LogP contribution in [0.4, 0.5) is 0 Å². The molecule has 1 aromatic carbocycles. The van der Waals surface area contributed by atoms with Gasteiger partial charge in [0, 0.05) is 15.8 Å². The van der Waals surface area contributed by atoms with Crippen molar-refractivity contribution in [2.45, 2.75) is 25.5 Å². The lowest BCUT2D eigenvalue weighted by Crippen LogP contribution is -2.31. The van der Waals surface area contributed by atoms with E-state index >= 15 is 0 Å². The molecule has 1 atom stereocenters. The van der Waals surface area contributed by atoms with E-state index < -0.39 is 15.1 Å². The van der Waals surface area contributed by atoms with Gasteiger partial charge in [-0.3, -0.25) is 0 Å². The van der Waals surface area contributed by atoms with E-state index in [0.29, 0.717) is 12.0 Å². The summed E-state index contributed by atoms with van der Waals surface area (Å²) in [6, 6.07) is 7.03. The zero-order chi connectivity index (χ0) is 13.8. The Balaban J connectivity index is 3.21. The molecule has 0 spiro atoms. The third-order valence-corrected chi connectivity index (χ3v) is 5.52. The van der Waals surface area contributed by atoms with Gasteiger partial charge in [0.2, 0.25) is 0 Å². The van der Waals surface area contributed by atoms with E-state index in [1.165, 1.54) is 0 Å². The Labute approximate surface area is 116 Å². The van der Waals surface area contributed by atoms with Crippen molar-refractivity contribution in [3.8, 4) is 0 Å². The minimum atomic E-state index is -3.28. The maximum Gasteiger partial charge on any atom is 0.158 e. The molecule has 0 aliphatic carbocycles. The highest BCUT2D eigenvalue weighted by molar-refractivity contribution is 9.10. The summed E-state index contributed by atoms with van der Waals surface area (Å²) in [7, 11) is -3.28. The normalized spacial score (nSPS) is 14.5. The molecule has 6 heteroatoms. The Morgan fingerprint density at radius 3 is 2.28 bits per heavy atom. The van der Waals surface area contributed by atoms with Gasteiger partial charge < -0.3 is 5.21 Å². The van der Waals surface area contributed by atoms with Gasteiger partial charge in [0.1, 0.15) is 11.0 Å². The van der Waals surface area contributed by atoms with Gasteiger partial charge >= 0.3 is 0 Å². The van der Waals surface area contributed by atoms with Crippen molar-refractivity contribution in [2.24, 2.45) is 5.16 Å². The molecule has 0 saturated heterocycles. The van der Waals surface area contributed by atoms with Gasteiger partial charge in [0.15, 0.2) is 9.84 Å². The highest BCUT2D eigenvalue weighted by Gasteiger charge is 2.28. The maximum atomic E-state index is 12.0. The van der Waals surface area contributed by atoms with Gasteiger partial charge in [0.25, 0.3) is 0 Å². The SMILES string of the molecule is CCC(C(=NO)c1ccc(Br)cc1)S(=O)(=O)CC. The summed E-state index contributed by atoms with van der Waals surface area (Å²) < 4.78 is 24.8. The van der Waals surface area contributed by atoms with Crippen molar-refractivity contribution in [2.75, 3.05) is 5.75 Å². The third-order valence-electron chi connectivity index (χ3n) is 2.76. The van der Waals surface area contributed by atoms with Crippen LogP contribution in [0.25, 0.3) is 0 Å². The summed E-state index contributed by atoms with van der Waals surface area (Å²) in [5, 5.41) is 11.5. The minimum Gasteiger partial charge on any atom is -0.411 e. The Kier molecular flexibility index (Phi) is 5.34. The molecule has 0 amide bonds. The van der Waals surface area contributed by atoms with E-state index in [4.69, 9.17) is 5.21 Å². The summed E-state index contributed by atoms with van der Waals surface area (Å²) in [6.45, 7) is 3.36. The summed E-state index contributed by atoms with van der Waals surface area (Å²) in [6.07, 6.45) is 0.381. The lowest BCUT2D eigenvalue weighted by Gasteiger charge is -2.16. The Morgan fingerprint density at radius 2 is 1.89 bits per heavy atom. The molecule has 1 aromatic rings. The van der Waals surface area contributed by atoms with Crippen molar-refractivity contribution in [1.29, 1.82) is 0 Å². The van der Waals surface area contributed by atoms with Crippen LogP contribution in [0, 0.1) is 0 Å². The maximum absolute atomic E-state index is 12.0. The van der Waals surface area contributed by atoms with Gasteiger partial charge in [0.05, 0.1) is 0 Å². The monoisotopic (exact) mass is 333 g/mol. The number of oxime groups is 1. The van der Waals surface area contributed by atoms with Crippen LogP contribution >= 0.6 is 15.9 Å². The van der Waals surface area contributed by atoms with E-state index in [1.807, 2.05) is 0 Å². The molecule has 4 nitrogen and oxygen atoms in total. The highest BCUT2D eigenvalue weighted by atomic mass is 79.9. The Hall–Kier alpha value is -0.880. The zero-order valence-corrected chi connectivity index (χ0v) is 12.7. The number of halogens is 1. The van der Waals surface area contributed by atoms with Crippen molar-refractivity contribution in [1.82, 2.24) is 0 Å². The molecule has 0 fully saturated rings. The van der Waals surface area contributed by atoms with Crippen molar-refractivity contribution in [3.63, 3.8) is 0 Å². The molecule has 1 rings (SSSR count). The average Bonchev–Trinajstić information content (AvgIpc) is 2.36. The molecular weight excluding hydrogens is 318 g/mol. The van der Waals surface area contributed by atoms with Crippen LogP contribution < -0.4 is 0 Å². The van der Waals surface area contributed by atoms with Gasteiger partial charge in [-0.2, -0.15) is 0 Å². The second kappa shape index (κ2) is 6.33. The van der Waals surface area contributed by atoms with Crippen LogP contribution in [0.3, 0.4) is 0 Å². The molecule has 0 radical (unpaired) electrons. The van der Waals surface area contributed by atoms with Gasteiger partial charge in [-0.05, 0) is 18.6 Å². The third kappa shape index (κ3) is 3.32. The van der Waals surface area contributed by atoms with Crippen LogP contribution in [-0.2, 0) is 9.84 Å². The Bertz CT molecular complexity index is 523. The lowest BCUT2D eigenvalue weighted by atomic mass is 10.1. The second-order valence-electron chi connectivity index (χ2n) is 3.84. The predicted octanol–water partition coefficient (Wildman–Crippen LogP) is 2.84. The molecule has 1 N–H and O–H groups in total. The van der Waals surface area contributed by atoms with Gasteiger partial charge in [-0.15, -0.1) is 0 Å². The fourth-order valence-corrected chi connectivity index (χ4v) is 3.45. The summed E-state index contributed by atoms with van der Waals surface area (Å²) in [5.41, 5.74) is 0.816. The summed E-state index contributed by atoms with van der Waals surface area (Å²) in [4.78, 5) is 0. The second-order valence-corrected chi connectivity index (χ2v) is 7.23. The van der Waals surface area contributed by atoms with Gasteiger partial charge in [-0.25, -0.2) is 8.42 Å². The molecular formula is C12H16BrNO3S. The van der Waals surface area contributed by atoms with Crippen LogP contribution in [0.1, 0.15) is 25.8 Å². The van der Waals surface area contributed by atoms with Crippen LogP contribution in [0.2, 0.25) is 0 Å². The number of hydrogen-bond acceptors (Lipinski definition) is 4. The van der Waals surface area contributed by atoms with E-state index in [-0.39, 0.29) is 11.5 Å². The number of sulfone groups is 1. The molecule has 0 bridgehead atoms. The summed E-state index contributed by atoms with van der Waals surface area (Å²) >= 11 is 3.30. The van der Waals surface area contributed by atoms with Crippen molar-refractivity contribution < 1.29 is 13.6 Å². The van der Waals surface area contributed by atoms with Crippen molar-refractivity contribution >= 4 is 31.5 Å². The fourth-order valence-electron chi connectivity index (χ4n) is 1.75. The first-order valence-corrected chi connectivity index (χ1v) is 8.16. The highest BCUT2D eigenvalue weighted by Crippen LogP contribution is 2.18. The molecule has 0 aliphatic rings. The zero-order valence-electron chi connectivity index (χ0n) is 10.3. The molecule has 0 aromatic heterocycles. The van der Waals surface area contributed by atoms with E-state index in [9.17, 15) is 8.42 Å². The number of benzene rings is 1. The molecule has 0 saturated carbocycles. The predicted molar refractivity (Wildman–Crippen MR) is 76.0 cm³/mol. The topological polar surface area (TPSA) is 66.7 Å². The van der Waals surface area contributed by atoms with E-state index in [2.05, 4.69) is 21.1 Å². The van der Waals surface area contributed by atoms with Crippen LogP contribution in [0.15, 0.2) is 33.9 Å². The van der Waals surface area contributed by atoms with Crippen molar-refractivity contribution in [3.05, 3.63) is 34.3 Å². The molecule has 0 heterocycles. The molecule has 1 unspecified atom stereocenters. The number of nitrogens with zero attached hydrogens (tertiary/aromatic N) is 1. The van der Waals surface area contributed by atoms with E-state index in [0.717, 1.165) is 4.47 Å². The molecule has 0 aliphatic heterocycles. The smallest absolute Gasteiger partial charge is 0.158 e. The number of hydrogen-bond donors (Lipinski definition) is 1. The van der Waals surface area contributed by atoms with Crippen LogP contribution in [0.5, 0.6) is 0 Å². The first-order valence-electron chi connectivity index (χ1n) is 5.65. The standard InChI is InChI=1S/C12H16BrNO3S/c1-3-11(18(16,17)4-2)12(14-15)9-5-7-10(13)8-6-9/h5-8,11,15H,3-4H2,1-2H3. The largest absolute Gasteiger partial charge is 0.411 e. The summed E-state index contributed by atoms with van der Waals surface area (Å²) in [5.74, 6) is 0.0288. The lowest BCUT2D eigenvalue weighted by molar-refractivity contribution is 0.318.